The topological polar surface area (TPSA) is 34.1 Å². The number of hydrogen-bond donors (Lipinski definition) is 1. The fourth-order valence-electron chi connectivity index (χ4n) is 1.69. The van der Waals surface area contributed by atoms with Crippen molar-refractivity contribution >= 4 is 0 Å². The van der Waals surface area contributed by atoms with Crippen molar-refractivity contribution in [3.05, 3.63) is 30.1 Å². The van der Waals surface area contributed by atoms with Gasteiger partial charge in [-0.05, 0) is 44.9 Å². The summed E-state index contributed by atoms with van der Waals surface area (Å²) in [6, 6.07) is 4.49. The third kappa shape index (κ3) is 4.73. The van der Waals surface area contributed by atoms with Gasteiger partial charge in [-0.15, -0.1) is 0 Å². The van der Waals surface area contributed by atoms with E-state index in [2.05, 4.69) is 31.1 Å². The van der Waals surface area contributed by atoms with E-state index in [1.165, 1.54) is 5.56 Å². The molecule has 1 aromatic rings. The van der Waals surface area contributed by atoms with E-state index in [1.54, 1.807) is 7.11 Å². The first-order chi connectivity index (χ1) is 7.53. The lowest BCUT2D eigenvalue weighted by molar-refractivity contribution is 0.00844. The Balaban J connectivity index is 2.33. The van der Waals surface area contributed by atoms with Crippen molar-refractivity contribution in [3.8, 4) is 0 Å². The lowest BCUT2D eigenvalue weighted by Crippen LogP contribution is -2.35. The molecule has 0 unspecified atom stereocenters. The summed E-state index contributed by atoms with van der Waals surface area (Å²) < 4.78 is 5.41. The molecule has 0 aliphatic carbocycles. The van der Waals surface area contributed by atoms with E-state index >= 15 is 0 Å². The van der Waals surface area contributed by atoms with Crippen LogP contribution in [0.15, 0.2) is 24.5 Å². The highest BCUT2D eigenvalue weighted by atomic mass is 16.5. The van der Waals surface area contributed by atoms with Crippen LogP contribution in [0.1, 0.15) is 32.8 Å². The predicted octanol–water partition coefficient (Wildman–Crippen LogP) is 2.37. The maximum absolute atomic E-state index is 5.41. The highest BCUT2D eigenvalue weighted by Gasteiger charge is 2.19. The summed E-state index contributed by atoms with van der Waals surface area (Å²) in [6.07, 6.45) is 4.64. The van der Waals surface area contributed by atoms with Gasteiger partial charge in [-0.1, -0.05) is 0 Å². The predicted molar refractivity (Wildman–Crippen MR) is 66.2 cm³/mol. The molecule has 0 fully saturated rings. The van der Waals surface area contributed by atoms with Crippen LogP contribution in [0.25, 0.3) is 0 Å². The van der Waals surface area contributed by atoms with Crippen LogP contribution in [0.5, 0.6) is 0 Å². The zero-order valence-corrected chi connectivity index (χ0v) is 10.7. The smallest absolute Gasteiger partial charge is 0.0637 e. The zero-order chi connectivity index (χ0) is 12.0. The zero-order valence-electron chi connectivity index (χ0n) is 10.7. The summed E-state index contributed by atoms with van der Waals surface area (Å²) >= 11 is 0. The molecule has 0 aromatic carbocycles. The molecule has 1 aromatic heterocycles. The van der Waals surface area contributed by atoms with Crippen LogP contribution in [-0.2, 0) is 11.3 Å². The third-order valence-electron chi connectivity index (χ3n) is 2.75. The number of nitrogens with zero attached hydrogens (tertiary/aromatic N) is 1. The average molecular weight is 222 g/mol. The van der Waals surface area contributed by atoms with Gasteiger partial charge in [-0.3, -0.25) is 4.98 Å². The summed E-state index contributed by atoms with van der Waals surface area (Å²) in [4.78, 5) is 4.00. The minimum absolute atomic E-state index is 0.0648. The minimum Gasteiger partial charge on any atom is -0.379 e. The van der Waals surface area contributed by atoms with Crippen LogP contribution in [-0.4, -0.2) is 23.7 Å². The number of rotatable bonds is 6. The lowest BCUT2D eigenvalue weighted by Gasteiger charge is -2.27. The Morgan fingerprint density at radius 1 is 1.38 bits per heavy atom. The maximum atomic E-state index is 5.41. The molecular weight excluding hydrogens is 200 g/mol. The Labute approximate surface area is 98.2 Å². The average Bonchev–Trinajstić information content (AvgIpc) is 2.27. The number of methoxy groups -OCH3 is 1. The van der Waals surface area contributed by atoms with Crippen molar-refractivity contribution in [1.82, 2.24) is 10.3 Å². The van der Waals surface area contributed by atoms with Gasteiger partial charge in [0.15, 0.2) is 0 Å². The van der Waals surface area contributed by atoms with Gasteiger partial charge < -0.3 is 10.1 Å². The molecule has 0 spiro atoms. The first-order valence-corrected chi connectivity index (χ1v) is 5.71. The van der Waals surface area contributed by atoms with Gasteiger partial charge in [0.2, 0.25) is 0 Å². The molecule has 0 saturated carbocycles. The normalized spacial score (nSPS) is 13.8. The first kappa shape index (κ1) is 13.1. The number of hydrogen-bond acceptors (Lipinski definition) is 3. The Morgan fingerprint density at radius 2 is 2.00 bits per heavy atom. The molecule has 0 aliphatic heterocycles. The van der Waals surface area contributed by atoms with E-state index in [0.29, 0.717) is 6.04 Å². The first-order valence-electron chi connectivity index (χ1n) is 5.71. The van der Waals surface area contributed by atoms with Gasteiger partial charge in [0, 0.05) is 32.1 Å². The Hall–Kier alpha value is -0.930. The number of nitrogens with one attached hydrogen (secondary N) is 1. The van der Waals surface area contributed by atoms with Gasteiger partial charge in [0.25, 0.3) is 0 Å². The van der Waals surface area contributed by atoms with E-state index in [0.717, 1.165) is 13.0 Å². The molecule has 0 saturated heterocycles. The molecule has 3 heteroatoms. The summed E-state index contributed by atoms with van der Waals surface area (Å²) in [6.45, 7) is 7.28. The lowest BCUT2D eigenvalue weighted by atomic mass is 10.00. The minimum atomic E-state index is -0.0648. The molecule has 1 rings (SSSR count). The van der Waals surface area contributed by atoms with Crippen LogP contribution < -0.4 is 5.32 Å². The summed E-state index contributed by atoms with van der Waals surface area (Å²) in [5, 5.41) is 3.48. The molecule has 0 radical (unpaired) electrons. The fourth-order valence-corrected chi connectivity index (χ4v) is 1.69. The van der Waals surface area contributed by atoms with Gasteiger partial charge >= 0.3 is 0 Å². The molecule has 0 bridgehead atoms. The van der Waals surface area contributed by atoms with Crippen molar-refractivity contribution in [1.29, 1.82) is 0 Å². The van der Waals surface area contributed by atoms with Gasteiger partial charge in [-0.2, -0.15) is 0 Å². The number of aromatic nitrogens is 1. The summed E-state index contributed by atoms with van der Waals surface area (Å²) in [7, 11) is 1.76. The van der Waals surface area contributed by atoms with Crippen molar-refractivity contribution in [2.24, 2.45) is 0 Å². The van der Waals surface area contributed by atoms with Crippen molar-refractivity contribution < 1.29 is 4.74 Å². The van der Waals surface area contributed by atoms with Gasteiger partial charge in [-0.25, -0.2) is 0 Å². The SMILES string of the molecule is COC(C)(C)C[C@H](C)NCc1ccncc1. The quantitative estimate of drug-likeness (QED) is 0.802. The third-order valence-corrected chi connectivity index (χ3v) is 2.75. The molecule has 16 heavy (non-hydrogen) atoms. The molecule has 1 N–H and O–H groups in total. The van der Waals surface area contributed by atoms with E-state index in [1.807, 2.05) is 24.5 Å². The molecule has 1 heterocycles. The van der Waals surface area contributed by atoms with Gasteiger partial charge in [0.05, 0.1) is 5.60 Å². The highest BCUT2D eigenvalue weighted by molar-refractivity contribution is 5.09. The van der Waals surface area contributed by atoms with Crippen molar-refractivity contribution in [3.63, 3.8) is 0 Å². The van der Waals surface area contributed by atoms with Crippen LogP contribution >= 0.6 is 0 Å². The number of pyridine rings is 1. The van der Waals surface area contributed by atoms with E-state index in [9.17, 15) is 0 Å². The van der Waals surface area contributed by atoms with Crippen molar-refractivity contribution in [2.45, 2.75) is 45.4 Å². The second kappa shape index (κ2) is 5.97. The Kier molecular flexibility index (Phi) is 4.90. The van der Waals surface area contributed by atoms with E-state index in [-0.39, 0.29) is 5.60 Å². The number of ether oxygens (including phenoxy) is 1. The van der Waals surface area contributed by atoms with Crippen LogP contribution in [0.4, 0.5) is 0 Å². The molecule has 3 nitrogen and oxygen atoms in total. The van der Waals surface area contributed by atoms with E-state index < -0.39 is 0 Å². The van der Waals surface area contributed by atoms with Gasteiger partial charge in [0.1, 0.15) is 0 Å². The largest absolute Gasteiger partial charge is 0.379 e. The molecular formula is C13H22N2O. The van der Waals surface area contributed by atoms with Crippen LogP contribution in [0.2, 0.25) is 0 Å². The maximum Gasteiger partial charge on any atom is 0.0637 e. The molecule has 0 aliphatic rings. The van der Waals surface area contributed by atoms with Crippen molar-refractivity contribution in [2.75, 3.05) is 7.11 Å². The second-order valence-electron chi connectivity index (χ2n) is 4.81. The molecule has 0 amide bonds. The summed E-state index contributed by atoms with van der Waals surface area (Å²) in [5.41, 5.74) is 1.20. The van der Waals surface area contributed by atoms with Crippen LogP contribution in [0, 0.1) is 0 Å². The highest BCUT2D eigenvalue weighted by Crippen LogP contribution is 2.15. The van der Waals surface area contributed by atoms with Crippen LogP contribution in [0.3, 0.4) is 0 Å². The second-order valence-corrected chi connectivity index (χ2v) is 4.81. The van der Waals surface area contributed by atoms with E-state index in [4.69, 9.17) is 4.74 Å². The summed E-state index contributed by atoms with van der Waals surface area (Å²) in [5.74, 6) is 0. The fraction of sp³-hybridized carbons (Fsp3) is 0.615. The standard InChI is InChI=1S/C13H22N2O/c1-11(9-13(2,3)16-4)15-10-12-5-7-14-8-6-12/h5-8,11,15H,9-10H2,1-4H3/t11-/m0/s1. The Morgan fingerprint density at radius 3 is 2.56 bits per heavy atom. The monoisotopic (exact) mass is 222 g/mol. The molecule has 1 atom stereocenters. The molecule has 90 valence electrons. The Bertz CT molecular complexity index is 298.